The molecule has 0 radical (unpaired) electrons. The number of nitriles is 1. The van der Waals surface area contributed by atoms with Crippen LogP contribution in [0.3, 0.4) is 0 Å². The zero-order valence-corrected chi connectivity index (χ0v) is 13.2. The molecule has 3 rings (SSSR count). The van der Waals surface area contributed by atoms with E-state index in [4.69, 9.17) is 0 Å². The van der Waals surface area contributed by atoms with Crippen molar-refractivity contribution in [2.24, 2.45) is 5.41 Å². The van der Waals surface area contributed by atoms with Crippen LogP contribution in [0.25, 0.3) is 0 Å². The SMILES string of the molecule is N#CC1(C(=O)N[C@H]2CCCN(c3cccc(F)c3)C2)CCCC1. The summed E-state index contributed by atoms with van der Waals surface area (Å²) < 4.78 is 13.4. The highest BCUT2D eigenvalue weighted by Crippen LogP contribution is 2.37. The second kappa shape index (κ2) is 6.57. The van der Waals surface area contributed by atoms with Gasteiger partial charge >= 0.3 is 0 Å². The molecular formula is C18H22FN3O. The van der Waals surface area contributed by atoms with Crippen LogP contribution >= 0.6 is 0 Å². The highest BCUT2D eigenvalue weighted by molar-refractivity contribution is 5.86. The Balaban J connectivity index is 1.65. The van der Waals surface area contributed by atoms with Crippen molar-refractivity contribution in [3.8, 4) is 6.07 Å². The summed E-state index contributed by atoms with van der Waals surface area (Å²) in [5, 5.41) is 12.5. The number of piperidine rings is 1. The van der Waals surface area contributed by atoms with Crippen molar-refractivity contribution in [1.29, 1.82) is 5.26 Å². The number of benzene rings is 1. The number of amides is 1. The Bertz CT molecular complexity index is 619. The van der Waals surface area contributed by atoms with Gasteiger partial charge in [0.25, 0.3) is 0 Å². The lowest BCUT2D eigenvalue weighted by Gasteiger charge is -2.36. The van der Waals surface area contributed by atoms with Crippen LogP contribution in [0.2, 0.25) is 0 Å². The van der Waals surface area contributed by atoms with Crippen molar-refractivity contribution in [3.05, 3.63) is 30.1 Å². The number of carbonyl (C=O) groups excluding carboxylic acids is 1. The maximum absolute atomic E-state index is 13.4. The molecule has 1 aromatic rings. The summed E-state index contributed by atoms with van der Waals surface area (Å²) >= 11 is 0. The molecule has 1 amide bonds. The molecule has 0 bridgehead atoms. The Kier molecular flexibility index (Phi) is 4.51. The van der Waals surface area contributed by atoms with Gasteiger partial charge in [0.05, 0.1) is 6.07 Å². The number of rotatable bonds is 3. The first-order valence-electron chi connectivity index (χ1n) is 8.36. The lowest BCUT2D eigenvalue weighted by atomic mass is 9.86. The van der Waals surface area contributed by atoms with Gasteiger partial charge in [-0.2, -0.15) is 5.26 Å². The van der Waals surface area contributed by atoms with Crippen LogP contribution < -0.4 is 10.2 Å². The Morgan fingerprint density at radius 3 is 2.83 bits per heavy atom. The smallest absolute Gasteiger partial charge is 0.240 e. The summed E-state index contributed by atoms with van der Waals surface area (Å²) in [5.74, 6) is -0.369. The molecule has 1 aliphatic carbocycles. The molecule has 122 valence electrons. The Hall–Kier alpha value is -2.09. The van der Waals surface area contributed by atoms with Gasteiger partial charge in [-0.1, -0.05) is 18.9 Å². The van der Waals surface area contributed by atoms with Gasteiger partial charge in [-0.15, -0.1) is 0 Å². The molecule has 0 aromatic heterocycles. The van der Waals surface area contributed by atoms with Gasteiger partial charge in [-0.05, 0) is 43.9 Å². The summed E-state index contributed by atoms with van der Waals surface area (Å²) in [6.07, 6.45) is 5.06. The number of anilines is 1. The van der Waals surface area contributed by atoms with E-state index >= 15 is 0 Å². The maximum atomic E-state index is 13.4. The molecule has 1 atom stereocenters. The van der Waals surface area contributed by atoms with Gasteiger partial charge in [0.15, 0.2) is 0 Å². The predicted octanol–water partition coefficient (Wildman–Crippen LogP) is 2.99. The molecule has 2 fully saturated rings. The normalized spacial score (nSPS) is 23.3. The lowest BCUT2D eigenvalue weighted by molar-refractivity contribution is -0.128. The third-order valence-corrected chi connectivity index (χ3v) is 5.04. The van der Waals surface area contributed by atoms with E-state index in [0.29, 0.717) is 19.4 Å². The predicted molar refractivity (Wildman–Crippen MR) is 86.3 cm³/mol. The van der Waals surface area contributed by atoms with E-state index in [1.54, 1.807) is 6.07 Å². The van der Waals surface area contributed by atoms with Gasteiger partial charge in [-0.25, -0.2) is 4.39 Å². The minimum atomic E-state index is -0.832. The van der Waals surface area contributed by atoms with Gasteiger partial charge in [-0.3, -0.25) is 4.79 Å². The van der Waals surface area contributed by atoms with Crippen LogP contribution in [0.5, 0.6) is 0 Å². The number of carbonyl (C=O) groups is 1. The number of halogens is 1. The zero-order valence-electron chi connectivity index (χ0n) is 13.2. The first-order chi connectivity index (χ1) is 11.1. The molecule has 1 aromatic carbocycles. The molecule has 0 unspecified atom stereocenters. The zero-order chi connectivity index (χ0) is 16.3. The monoisotopic (exact) mass is 315 g/mol. The van der Waals surface area contributed by atoms with Crippen molar-refractivity contribution in [1.82, 2.24) is 5.32 Å². The molecule has 5 heteroatoms. The molecule has 23 heavy (non-hydrogen) atoms. The average molecular weight is 315 g/mol. The quantitative estimate of drug-likeness (QED) is 0.933. The summed E-state index contributed by atoms with van der Waals surface area (Å²) in [5.41, 5.74) is 0.0148. The summed E-state index contributed by atoms with van der Waals surface area (Å²) in [7, 11) is 0. The third kappa shape index (κ3) is 3.31. The molecule has 0 spiro atoms. The largest absolute Gasteiger partial charge is 0.369 e. The van der Waals surface area contributed by atoms with Gasteiger partial charge in [0.2, 0.25) is 5.91 Å². The van der Waals surface area contributed by atoms with E-state index in [-0.39, 0.29) is 17.8 Å². The molecule has 1 heterocycles. The van der Waals surface area contributed by atoms with Crippen LogP contribution in [-0.4, -0.2) is 25.0 Å². The second-order valence-electron chi connectivity index (χ2n) is 6.64. The van der Waals surface area contributed by atoms with Crippen molar-refractivity contribution < 1.29 is 9.18 Å². The number of nitrogens with zero attached hydrogens (tertiary/aromatic N) is 2. The van der Waals surface area contributed by atoms with E-state index < -0.39 is 5.41 Å². The Morgan fingerprint density at radius 2 is 2.13 bits per heavy atom. The first-order valence-corrected chi connectivity index (χ1v) is 8.36. The highest BCUT2D eigenvalue weighted by Gasteiger charge is 2.42. The highest BCUT2D eigenvalue weighted by atomic mass is 19.1. The van der Waals surface area contributed by atoms with E-state index in [9.17, 15) is 14.4 Å². The van der Waals surface area contributed by atoms with Crippen molar-refractivity contribution in [2.45, 2.75) is 44.6 Å². The standard InChI is InChI=1S/C18H22FN3O/c19-14-5-3-7-16(11-14)22-10-4-6-15(12-22)21-17(23)18(13-20)8-1-2-9-18/h3,5,7,11,15H,1-2,4,6,8-10,12H2,(H,21,23)/t15-/m0/s1. The van der Waals surface area contributed by atoms with E-state index in [1.807, 2.05) is 6.07 Å². The van der Waals surface area contributed by atoms with E-state index in [2.05, 4.69) is 16.3 Å². The molecular weight excluding hydrogens is 293 g/mol. The van der Waals surface area contributed by atoms with Crippen molar-refractivity contribution in [3.63, 3.8) is 0 Å². The number of nitrogens with one attached hydrogen (secondary N) is 1. The first kappa shape index (κ1) is 15.8. The topological polar surface area (TPSA) is 56.1 Å². The molecule has 1 aliphatic heterocycles. The molecule has 2 aliphatic rings. The molecule has 4 nitrogen and oxygen atoms in total. The van der Waals surface area contributed by atoms with Crippen molar-refractivity contribution >= 4 is 11.6 Å². The number of hydrogen-bond acceptors (Lipinski definition) is 3. The molecule has 1 saturated heterocycles. The van der Waals surface area contributed by atoms with Crippen LogP contribution in [0.1, 0.15) is 38.5 Å². The van der Waals surface area contributed by atoms with Crippen LogP contribution in [-0.2, 0) is 4.79 Å². The molecule has 1 N–H and O–H groups in total. The summed E-state index contributed by atoms with van der Waals surface area (Å²) in [4.78, 5) is 14.7. The van der Waals surface area contributed by atoms with Gasteiger partial charge < -0.3 is 10.2 Å². The van der Waals surface area contributed by atoms with Crippen LogP contribution in [0.15, 0.2) is 24.3 Å². The fourth-order valence-corrected chi connectivity index (χ4v) is 3.69. The van der Waals surface area contributed by atoms with Gasteiger partial charge in [0.1, 0.15) is 11.2 Å². The lowest BCUT2D eigenvalue weighted by Crippen LogP contribution is -2.51. The maximum Gasteiger partial charge on any atom is 0.240 e. The Morgan fingerprint density at radius 1 is 1.35 bits per heavy atom. The van der Waals surface area contributed by atoms with E-state index in [0.717, 1.165) is 37.9 Å². The minimum absolute atomic E-state index is 0.0188. The third-order valence-electron chi connectivity index (χ3n) is 5.04. The second-order valence-corrected chi connectivity index (χ2v) is 6.64. The van der Waals surface area contributed by atoms with Crippen LogP contribution in [0, 0.1) is 22.6 Å². The van der Waals surface area contributed by atoms with Crippen LogP contribution in [0.4, 0.5) is 10.1 Å². The average Bonchev–Trinajstić information content (AvgIpc) is 3.05. The fourth-order valence-electron chi connectivity index (χ4n) is 3.69. The Labute approximate surface area is 136 Å². The minimum Gasteiger partial charge on any atom is -0.369 e. The fraction of sp³-hybridized carbons (Fsp3) is 0.556. The summed E-state index contributed by atoms with van der Waals surface area (Å²) in [6.45, 7) is 1.52. The van der Waals surface area contributed by atoms with Crippen molar-refractivity contribution in [2.75, 3.05) is 18.0 Å². The van der Waals surface area contributed by atoms with Gasteiger partial charge in [0, 0.05) is 24.8 Å². The molecule has 1 saturated carbocycles. The van der Waals surface area contributed by atoms with E-state index in [1.165, 1.54) is 12.1 Å². The number of hydrogen-bond donors (Lipinski definition) is 1. The summed E-state index contributed by atoms with van der Waals surface area (Å²) in [6, 6.07) is 8.81.